The summed E-state index contributed by atoms with van der Waals surface area (Å²) in [6.45, 7) is 10.9. The average molecular weight is 306 g/mol. The Bertz CT molecular complexity index is 466. The summed E-state index contributed by atoms with van der Waals surface area (Å²) in [4.78, 5) is 12.5. The molecule has 3 nitrogen and oxygen atoms in total. The standard InChI is InChI=1S/C19H30O3/c1-7-22-19(20)16(12-13(2)3)18(14(4)5)15-10-8-9-11-17(15)21-6/h8-11,13-14,16,18H,7,12H2,1-6H3. The van der Waals surface area contributed by atoms with Crippen molar-refractivity contribution in [2.75, 3.05) is 13.7 Å². The largest absolute Gasteiger partial charge is 0.496 e. The van der Waals surface area contributed by atoms with Gasteiger partial charge in [-0.1, -0.05) is 45.9 Å². The second-order valence-electron chi connectivity index (χ2n) is 6.50. The van der Waals surface area contributed by atoms with Crippen LogP contribution < -0.4 is 4.74 Å². The topological polar surface area (TPSA) is 35.5 Å². The lowest BCUT2D eigenvalue weighted by molar-refractivity contribution is -0.150. The summed E-state index contributed by atoms with van der Waals surface area (Å²) in [5.74, 6) is 1.46. The van der Waals surface area contributed by atoms with Crippen LogP contribution in [0.15, 0.2) is 24.3 Å². The van der Waals surface area contributed by atoms with E-state index in [2.05, 4.69) is 33.8 Å². The van der Waals surface area contributed by atoms with E-state index < -0.39 is 0 Å². The van der Waals surface area contributed by atoms with Gasteiger partial charge in [0.15, 0.2) is 0 Å². The number of hydrogen-bond acceptors (Lipinski definition) is 3. The summed E-state index contributed by atoms with van der Waals surface area (Å²) in [6, 6.07) is 7.99. The third-order valence-corrected chi connectivity index (χ3v) is 3.96. The van der Waals surface area contributed by atoms with E-state index in [9.17, 15) is 4.79 Å². The van der Waals surface area contributed by atoms with Crippen LogP contribution >= 0.6 is 0 Å². The monoisotopic (exact) mass is 306 g/mol. The summed E-state index contributed by atoms with van der Waals surface area (Å²) < 4.78 is 10.9. The minimum absolute atomic E-state index is 0.0950. The first kappa shape index (κ1) is 18.5. The molecular weight excluding hydrogens is 276 g/mol. The smallest absolute Gasteiger partial charge is 0.309 e. The van der Waals surface area contributed by atoms with E-state index in [1.165, 1.54) is 0 Å². The van der Waals surface area contributed by atoms with Crippen molar-refractivity contribution < 1.29 is 14.3 Å². The normalized spacial score (nSPS) is 14.0. The molecule has 0 fully saturated rings. The van der Waals surface area contributed by atoms with Gasteiger partial charge >= 0.3 is 5.97 Å². The predicted molar refractivity (Wildman–Crippen MR) is 90.2 cm³/mol. The Kier molecular flexibility index (Phi) is 7.43. The van der Waals surface area contributed by atoms with Crippen LogP contribution in [0.4, 0.5) is 0 Å². The highest BCUT2D eigenvalue weighted by Crippen LogP contribution is 2.40. The van der Waals surface area contributed by atoms with E-state index in [4.69, 9.17) is 9.47 Å². The molecule has 1 rings (SSSR count). The minimum atomic E-state index is -0.142. The van der Waals surface area contributed by atoms with Gasteiger partial charge in [0.2, 0.25) is 0 Å². The first-order valence-electron chi connectivity index (χ1n) is 8.21. The molecule has 0 aliphatic heterocycles. The van der Waals surface area contributed by atoms with Gasteiger partial charge in [-0.2, -0.15) is 0 Å². The van der Waals surface area contributed by atoms with Gasteiger partial charge in [-0.15, -0.1) is 0 Å². The van der Waals surface area contributed by atoms with Crippen LogP contribution in [0.2, 0.25) is 0 Å². The molecule has 3 heteroatoms. The number of esters is 1. The molecule has 2 unspecified atom stereocenters. The number of carbonyl (C=O) groups is 1. The molecule has 0 aromatic heterocycles. The molecule has 22 heavy (non-hydrogen) atoms. The quantitative estimate of drug-likeness (QED) is 0.655. The molecule has 0 aliphatic rings. The van der Waals surface area contributed by atoms with Crippen molar-refractivity contribution in [1.29, 1.82) is 0 Å². The van der Waals surface area contributed by atoms with Crippen LogP contribution in [-0.2, 0) is 9.53 Å². The van der Waals surface area contributed by atoms with Crippen LogP contribution in [0.5, 0.6) is 5.75 Å². The van der Waals surface area contributed by atoms with Crippen molar-refractivity contribution in [2.45, 2.75) is 47.0 Å². The van der Waals surface area contributed by atoms with Crippen LogP contribution in [-0.4, -0.2) is 19.7 Å². The Morgan fingerprint density at radius 2 is 1.77 bits per heavy atom. The SMILES string of the molecule is CCOC(=O)C(CC(C)C)C(c1ccccc1OC)C(C)C. The first-order chi connectivity index (χ1) is 10.4. The highest BCUT2D eigenvalue weighted by molar-refractivity contribution is 5.74. The van der Waals surface area contributed by atoms with Crippen LogP contribution in [0.1, 0.15) is 52.5 Å². The zero-order valence-electron chi connectivity index (χ0n) is 14.8. The van der Waals surface area contributed by atoms with Crippen molar-refractivity contribution >= 4 is 5.97 Å². The van der Waals surface area contributed by atoms with Crippen molar-refractivity contribution in [1.82, 2.24) is 0 Å². The van der Waals surface area contributed by atoms with Gasteiger partial charge in [-0.3, -0.25) is 4.79 Å². The molecule has 0 N–H and O–H groups in total. The van der Waals surface area contributed by atoms with Gasteiger partial charge in [0.1, 0.15) is 5.75 Å². The van der Waals surface area contributed by atoms with E-state index in [-0.39, 0.29) is 17.8 Å². The predicted octanol–water partition coefficient (Wildman–Crippen LogP) is 4.66. The molecule has 0 amide bonds. The van der Waals surface area contributed by atoms with E-state index in [1.54, 1.807) is 7.11 Å². The van der Waals surface area contributed by atoms with Crippen LogP contribution in [0.3, 0.4) is 0 Å². The Morgan fingerprint density at radius 3 is 2.27 bits per heavy atom. The zero-order valence-corrected chi connectivity index (χ0v) is 14.8. The van der Waals surface area contributed by atoms with Crippen molar-refractivity contribution in [3.8, 4) is 5.75 Å². The lowest BCUT2D eigenvalue weighted by Crippen LogP contribution is -2.29. The molecule has 0 radical (unpaired) electrons. The molecule has 2 atom stereocenters. The number of carbonyl (C=O) groups excluding carboxylic acids is 1. The molecule has 1 aromatic carbocycles. The summed E-state index contributed by atoms with van der Waals surface area (Å²) in [7, 11) is 1.68. The lowest BCUT2D eigenvalue weighted by Gasteiger charge is -2.31. The molecule has 0 saturated heterocycles. The second kappa shape index (κ2) is 8.82. The van der Waals surface area contributed by atoms with Gasteiger partial charge in [-0.25, -0.2) is 0 Å². The molecule has 0 saturated carbocycles. The lowest BCUT2D eigenvalue weighted by atomic mass is 9.74. The van der Waals surface area contributed by atoms with Crippen molar-refractivity contribution in [3.05, 3.63) is 29.8 Å². The number of para-hydroxylation sites is 1. The average Bonchev–Trinajstić information content (AvgIpc) is 2.46. The summed E-state index contributed by atoms with van der Waals surface area (Å²) in [6.07, 6.45) is 0.819. The van der Waals surface area contributed by atoms with Gasteiger partial charge in [-0.05, 0) is 36.8 Å². The Balaban J connectivity index is 3.25. The number of hydrogen-bond donors (Lipinski definition) is 0. The molecule has 0 aliphatic carbocycles. The number of ether oxygens (including phenoxy) is 2. The fourth-order valence-electron chi connectivity index (χ4n) is 3.13. The van der Waals surface area contributed by atoms with Gasteiger partial charge in [0, 0.05) is 5.92 Å². The van der Waals surface area contributed by atoms with Crippen LogP contribution in [0, 0.1) is 17.8 Å². The Hall–Kier alpha value is -1.51. The third kappa shape index (κ3) is 4.75. The number of benzene rings is 1. The van der Waals surface area contributed by atoms with Crippen molar-refractivity contribution in [2.24, 2.45) is 17.8 Å². The number of methoxy groups -OCH3 is 1. The highest BCUT2D eigenvalue weighted by Gasteiger charge is 2.34. The van der Waals surface area contributed by atoms with Gasteiger partial charge in [0.05, 0.1) is 19.6 Å². The summed E-state index contributed by atoms with van der Waals surface area (Å²) in [5.41, 5.74) is 1.10. The minimum Gasteiger partial charge on any atom is -0.496 e. The van der Waals surface area contributed by atoms with E-state index >= 15 is 0 Å². The second-order valence-corrected chi connectivity index (χ2v) is 6.50. The molecule has 0 heterocycles. The fourth-order valence-corrected chi connectivity index (χ4v) is 3.13. The fraction of sp³-hybridized carbons (Fsp3) is 0.632. The molecule has 1 aromatic rings. The molecular formula is C19H30O3. The van der Waals surface area contributed by atoms with Gasteiger partial charge < -0.3 is 9.47 Å². The number of rotatable bonds is 8. The van der Waals surface area contributed by atoms with Crippen molar-refractivity contribution in [3.63, 3.8) is 0 Å². The van der Waals surface area contributed by atoms with E-state index in [1.807, 2.05) is 25.1 Å². The zero-order chi connectivity index (χ0) is 16.7. The first-order valence-corrected chi connectivity index (χ1v) is 8.21. The molecule has 0 spiro atoms. The molecule has 0 bridgehead atoms. The van der Waals surface area contributed by atoms with Crippen LogP contribution in [0.25, 0.3) is 0 Å². The van der Waals surface area contributed by atoms with Gasteiger partial charge in [0.25, 0.3) is 0 Å². The highest BCUT2D eigenvalue weighted by atomic mass is 16.5. The maximum Gasteiger partial charge on any atom is 0.309 e. The third-order valence-electron chi connectivity index (χ3n) is 3.96. The molecule has 124 valence electrons. The maximum atomic E-state index is 12.5. The summed E-state index contributed by atoms with van der Waals surface area (Å²) >= 11 is 0. The Labute approximate surface area is 135 Å². The van der Waals surface area contributed by atoms with E-state index in [0.29, 0.717) is 18.4 Å². The Morgan fingerprint density at radius 1 is 1.14 bits per heavy atom. The van der Waals surface area contributed by atoms with E-state index in [0.717, 1.165) is 17.7 Å². The maximum absolute atomic E-state index is 12.5. The summed E-state index contributed by atoms with van der Waals surface area (Å²) in [5, 5.41) is 0.